The predicted octanol–water partition coefficient (Wildman–Crippen LogP) is 1.22. The molecule has 0 bridgehead atoms. The first-order valence-corrected chi connectivity index (χ1v) is 5.89. The Bertz CT molecular complexity index is 430. The summed E-state index contributed by atoms with van der Waals surface area (Å²) in [5.74, 6) is 0.641. The van der Waals surface area contributed by atoms with Crippen LogP contribution in [0.4, 0.5) is 0 Å². The first-order valence-electron chi connectivity index (χ1n) is 5.89. The number of amides is 1. The van der Waals surface area contributed by atoms with E-state index in [4.69, 9.17) is 0 Å². The molecule has 0 aliphatic carbocycles. The van der Waals surface area contributed by atoms with Crippen LogP contribution in [-0.4, -0.2) is 36.5 Å². The van der Waals surface area contributed by atoms with Crippen LogP contribution >= 0.6 is 0 Å². The summed E-state index contributed by atoms with van der Waals surface area (Å²) in [5.41, 5.74) is 2.10. The summed E-state index contributed by atoms with van der Waals surface area (Å²) in [6.45, 7) is 4.89. The number of carbonyl (C=O) groups excluding carboxylic acids is 1. The second kappa shape index (κ2) is 3.59. The number of carbonyl (C=O) groups is 1. The van der Waals surface area contributed by atoms with E-state index in [1.165, 1.54) is 5.56 Å². The highest BCUT2D eigenvalue weighted by Gasteiger charge is 2.38. The molecule has 0 aromatic heterocycles. The zero-order valence-electron chi connectivity index (χ0n) is 9.44. The van der Waals surface area contributed by atoms with E-state index in [1.54, 1.807) is 0 Å². The van der Waals surface area contributed by atoms with E-state index in [-0.39, 0.29) is 5.91 Å². The first-order chi connectivity index (χ1) is 7.79. The van der Waals surface area contributed by atoms with Gasteiger partial charge in [0.25, 0.3) is 5.91 Å². The van der Waals surface area contributed by atoms with Crippen LogP contribution in [0.15, 0.2) is 24.3 Å². The molecule has 1 aromatic rings. The molecule has 1 N–H and O–H groups in total. The normalized spacial score (nSPS) is 28.6. The van der Waals surface area contributed by atoms with Crippen LogP contribution in [0.5, 0.6) is 0 Å². The molecular formula is C13H16N2O. The van der Waals surface area contributed by atoms with Gasteiger partial charge in [-0.15, -0.1) is 0 Å². The molecule has 1 fully saturated rings. The number of benzene rings is 1. The molecule has 0 radical (unpaired) electrons. The lowest BCUT2D eigenvalue weighted by atomic mass is 9.83. The van der Waals surface area contributed by atoms with Gasteiger partial charge in [-0.3, -0.25) is 4.79 Å². The maximum Gasteiger partial charge on any atom is 0.254 e. The molecule has 2 heterocycles. The molecule has 0 unspecified atom stereocenters. The van der Waals surface area contributed by atoms with Crippen molar-refractivity contribution < 1.29 is 4.79 Å². The Labute approximate surface area is 95.4 Å². The zero-order chi connectivity index (χ0) is 11.1. The van der Waals surface area contributed by atoms with Gasteiger partial charge >= 0.3 is 0 Å². The second-order valence-electron chi connectivity index (χ2n) is 4.65. The van der Waals surface area contributed by atoms with Gasteiger partial charge in [0.1, 0.15) is 0 Å². The monoisotopic (exact) mass is 216 g/mol. The molecule has 16 heavy (non-hydrogen) atoms. The maximum absolute atomic E-state index is 12.3. The Morgan fingerprint density at radius 2 is 2.19 bits per heavy atom. The van der Waals surface area contributed by atoms with E-state index < -0.39 is 0 Å². The van der Waals surface area contributed by atoms with Crippen LogP contribution < -0.4 is 5.32 Å². The summed E-state index contributed by atoms with van der Waals surface area (Å²) < 4.78 is 0. The molecular weight excluding hydrogens is 200 g/mol. The number of fused-ring (bicyclic) bond motifs is 2. The summed E-state index contributed by atoms with van der Waals surface area (Å²) in [5, 5.41) is 3.37. The molecule has 1 saturated heterocycles. The van der Waals surface area contributed by atoms with Crippen molar-refractivity contribution in [1.29, 1.82) is 0 Å². The van der Waals surface area contributed by atoms with E-state index in [2.05, 4.69) is 18.3 Å². The summed E-state index contributed by atoms with van der Waals surface area (Å²) in [7, 11) is 0. The summed E-state index contributed by atoms with van der Waals surface area (Å²) in [6, 6.07) is 8.34. The van der Waals surface area contributed by atoms with Crippen molar-refractivity contribution in [2.45, 2.75) is 18.9 Å². The third-order valence-corrected chi connectivity index (χ3v) is 3.80. The number of rotatable bonds is 0. The van der Waals surface area contributed by atoms with E-state index >= 15 is 0 Å². The molecule has 84 valence electrons. The third-order valence-electron chi connectivity index (χ3n) is 3.80. The fourth-order valence-corrected chi connectivity index (χ4v) is 2.88. The quantitative estimate of drug-likeness (QED) is 0.707. The molecule has 3 rings (SSSR count). The third kappa shape index (κ3) is 1.28. The Morgan fingerprint density at radius 3 is 3.06 bits per heavy atom. The minimum Gasteiger partial charge on any atom is -0.332 e. The van der Waals surface area contributed by atoms with Gasteiger partial charge in [-0.25, -0.2) is 0 Å². The molecule has 2 atom stereocenters. The van der Waals surface area contributed by atoms with E-state index in [1.807, 2.05) is 23.1 Å². The molecule has 1 amide bonds. The van der Waals surface area contributed by atoms with E-state index in [0.717, 1.165) is 25.2 Å². The molecule has 0 spiro atoms. The highest BCUT2D eigenvalue weighted by molar-refractivity contribution is 5.97. The van der Waals surface area contributed by atoms with Gasteiger partial charge in [0, 0.05) is 31.1 Å². The lowest BCUT2D eigenvalue weighted by Gasteiger charge is -2.44. The number of nitrogens with zero attached hydrogens (tertiary/aromatic N) is 1. The zero-order valence-corrected chi connectivity index (χ0v) is 9.44. The maximum atomic E-state index is 12.3. The Morgan fingerprint density at radius 1 is 1.38 bits per heavy atom. The first kappa shape index (κ1) is 9.85. The van der Waals surface area contributed by atoms with Crippen molar-refractivity contribution in [2.75, 3.05) is 19.6 Å². The van der Waals surface area contributed by atoms with Crippen molar-refractivity contribution in [3.05, 3.63) is 35.4 Å². The average molecular weight is 216 g/mol. The molecule has 2 aliphatic rings. The smallest absolute Gasteiger partial charge is 0.254 e. The van der Waals surface area contributed by atoms with Crippen molar-refractivity contribution >= 4 is 5.91 Å². The van der Waals surface area contributed by atoms with Gasteiger partial charge < -0.3 is 10.2 Å². The van der Waals surface area contributed by atoms with Crippen LogP contribution in [0.1, 0.15) is 28.8 Å². The Hall–Kier alpha value is -1.35. The van der Waals surface area contributed by atoms with Crippen molar-refractivity contribution in [3.63, 3.8) is 0 Å². The fourth-order valence-electron chi connectivity index (χ4n) is 2.88. The summed E-state index contributed by atoms with van der Waals surface area (Å²) in [4.78, 5) is 14.3. The van der Waals surface area contributed by atoms with E-state index in [9.17, 15) is 4.79 Å². The summed E-state index contributed by atoms with van der Waals surface area (Å²) in [6.07, 6.45) is 0. The number of hydrogen-bond acceptors (Lipinski definition) is 2. The highest BCUT2D eigenvalue weighted by atomic mass is 16.2. The van der Waals surface area contributed by atoms with Gasteiger partial charge in [0.2, 0.25) is 0 Å². The highest BCUT2D eigenvalue weighted by Crippen LogP contribution is 2.33. The topological polar surface area (TPSA) is 32.3 Å². The number of nitrogens with one attached hydrogen (secondary N) is 1. The van der Waals surface area contributed by atoms with Gasteiger partial charge in [0.15, 0.2) is 0 Å². The lowest BCUT2D eigenvalue weighted by molar-refractivity contribution is 0.0569. The molecule has 3 heteroatoms. The van der Waals surface area contributed by atoms with E-state index in [0.29, 0.717) is 12.0 Å². The standard InChI is InChI=1S/C13H16N2O/c1-9-10-4-2-3-5-11(10)13(16)15-7-6-14-8-12(9)15/h2-5,9,12,14H,6-8H2,1H3/t9-,12+/m1/s1. The average Bonchev–Trinajstić information content (AvgIpc) is 2.36. The predicted molar refractivity (Wildman–Crippen MR) is 62.6 cm³/mol. The fraction of sp³-hybridized carbons (Fsp3) is 0.462. The van der Waals surface area contributed by atoms with Crippen LogP contribution in [0, 0.1) is 0 Å². The SMILES string of the molecule is C[C@@H]1c2ccccc2C(=O)N2CCNC[C@@H]12. The largest absolute Gasteiger partial charge is 0.332 e. The van der Waals surface area contributed by atoms with Crippen LogP contribution in [0.3, 0.4) is 0 Å². The van der Waals surface area contributed by atoms with Gasteiger partial charge in [-0.2, -0.15) is 0 Å². The summed E-state index contributed by atoms with van der Waals surface area (Å²) >= 11 is 0. The van der Waals surface area contributed by atoms with Crippen molar-refractivity contribution in [1.82, 2.24) is 10.2 Å². The molecule has 0 saturated carbocycles. The number of hydrogen-bond donors (Lipinski definition) is 1. The Kier molecular flexibility index (Phi) is 2.21. The Balaban J connectivity index is 2.09. The van der Waals surface area contributed by atoms with Crippen LogP contribution in [-0.2, 0) is 0 Å². The minimum atomic E-state index is 0.209. The van der Waals surface area contributed by atoms with Crippen LogP contribution in [0.25, 0.3) is 0 Å². The molecule has 1 aromatic carbocycles. The van der Waals surface area contributed by atoms with Gasteiger partial charge in [-0.05, 0) is 11.6 Å². The number of piperazine rings is 1. The van der Waals surface area contributed by atoms with Crippen molar-refractivity contribution in [3.8, 4) is 0 Å². The second-order valence-corrected chi connectivity index (χ2v) is 4.65. The van der Waals surface area contributed by atoms with Crippen molar-refractivity contribution in [2.24, 2.45) is 0 Å². The molecule has 2 aliphatic heterocycles. The van der Waals surface area contributed by atoms with Crippen LogP contribution in [0.2, 0.25) is 0 Å². The van der Waals surface area contributed by atoms with Gasteiger partial charge in [-0.1, -0.05) is 25.1 Å². The molecule has 3 nitrogen and oxygen atoms in total. The minimum absolute atomic E-state index is 0.209. The lowest BCUT2D eigenvalue weighted by Crippen LogP contribution is -2.57. The van der Waals surface area contributed by atoms with Gasteiger partial charge in [0.05, 0.1) is 6.04 Å².